The third-order valence-corrected chi connectivity index (χ3v) is 4.00. The van der Waals surface area contributed by atoms with Gasteiger partial charge in [0.1, 0.15) is 5.92 Å². The Balaban J connectivity index is 1.92. The summed E-state index contributed by atoms with van der Waals surface area (Å²) >= 11 is 0. The van der Waals surface area contributed by atoms with E-state index in [0.717, 1.165) is 6.42 Å². The van der Waals surface area contributed by atoms with Crippen LogP contribution < -0.4 is 5.32 Å². The highest BCUT2D eigenvalue weighted by Crippen LogP contribution is 2.44. The summed E-state index contributed by atoms with van der Waals surface area (Å²) in [5.41, 5.74) is 0.162. The third kappa shape index (κ3) is 2.43. The number of carbonyl (C=O) groups is 2. The van der Waals surface area contributed by atoms with E-state index in [1.54, 1.807) is 7.05 Å². The smallest absolute Gasteiger partial charge is 0.317 e. The Morgan fingerprint density at radius 1 is 1.39 bits per heavy atom. The van der Waals surface area contributed by atoms with Gasteiger partial charge in [-0.1, -0.05) is 13.8 Å². The lowest BCUT2D eigenvalue weighted by atomic mass is 10.0. The maximum absolute atomic E-state index is 12.0. The number of likely N-dealkylation sites (N-methyl/N-ethyl adjacent to an activating group) is 1. The van der Waals surface area contributed by atoms with Gasteiger partial charge in [-0.15, -0.1) is 0 Å². The van der Waals surface area contributed by atoms with Crippen molar-refractivity contribution in [2.75, 3.05) is 20.3 Å². The van der Waals surface area contributed by atoms with Crippen LogP contribution in [-0.4, -0.2) is 54.4 Å². The molecule has 6 nitrogen and oxygen atoms in total. The molecule has 6 heteroatoms. The lowest BCUT2D eigenvalue weighted by Crippen LogP contribution is -2.49. The summed E-state index contributed by atoms with van der Waals surface area (Å²) in [5.74, 6) is -1.54. The standard InChI is InChI=1S/C12H20N2O4/c1-12(2)4-9(12)13-11(17)14(3)8-6-18-5-7(8)10(15)16/h7-9H,4-6H2,1-3H3,(H,13,17)(H,15,16). The molecule has 0 aromatic carbocycles. The fourth-order valence-electron chi connectivity index (χ4n) is 2.28. The van der Waals surface area contributed by atoms with Gasteiger partial charge in [0, 0.05) is 13.1 Å². The molecule has 1 aliphatic heterocycles. The van der Waals surface area contributed by atoms with Crippen LogP contribution in [0.2, 0.25) is 0 Å². The number of urea groups is 1. The first-order valence-corrected chi connectivity index (χ1v) is 6.17. The molecule has 1 saturated heterocycles. The highest BCUT2D eigenvalue weighted by atomic mass is 16.5. The number of aliphatic carboxylic acids is 1. The fraction of sp³-hybridized carbons (Fsp3) is 0.833. The molecule has 3 atom stereocenters. The minimum atomic E-state index is -0.913. The van der Waals surface area contributed by atoms with Crippen LogP contribution in [0.5, 0.6) is 0 Å². The molecule has 102 valence electrons. The predicted octanol–water partition coefficient (Wildman–Crippen LogP) is 0.526. The Labute approximate surface area is 106 Å². The summed E-state index contributed by atoms with van der Waals surface area (Å²) in [6.45, 7) is 4.65. The van der Waals surface area contributed by atoms with Gasteiger partial charge in [0.05, 0.1) is 19.3 Å². The second-order valence-electron chi connectivity index (χ2n) is 5.86. The fourth-order valence-corrected chi connectivity index (χ4v) is 2.28. The van der Waals surface area contributed by atoms with Crippen molar-refractivity contribution in [1.29, 1.82) is 0 Å². The molecule has 2 amide bonds. The van der Waals surface area contributed by atoms with Gasteiger partial charge in [0.25, 0.3) is 0 Å². The molecule has 0 bridgehead atoms. The second-order valence-corrected chi connectivity index (χ2v) is 5.86. The Morgan fingerprint density at radius 2 is 2.00 bits per heavy atom. The molecule has 2 N–H and O–H groups in total. The molecule has 0 spiro atoms. The average Bonchev–Trinajstić information content (AvgIpc) is 2.73. The minimum Gasteiger partial charge on any atom is -0.481 e. The summed E-state index contributed by atoms with van der Waals surface area (Å²) in [4.78, 5) is 24.5. The van der Waals surface area contributed by atoms with Gasteiger partial charge < -0.3 is 20.1 Å². The number of nitrogens with one attached hydrogen (secondary N) is 1. The summed E-state index contributed by atoms with van der Waals surface area (Å²) in [7, 11) is 1.62. The van der Waals surface area contributed by atoms with Crippen LogP contribution in [-0.2, 0) is 9.53 Å². The molecule has 1 heterocycles. The molecule has 0 aromatic rings. The van der Waals surface area contributed by atoms with Crippen LogP contribution in [0.3, 0.4) is 0 Å². The predicted molar refractivity (Wildman–Crippen MR) is 64.2 cm³/mol. The Morgan fingerprint density at radius 3 is 2.50 bits per heavy atom. The highest BCUT2D eigenvalue weighted by molar-refractivity contribution is 5.77. The molecule has 18 heavy (non-hydrogen) atoms. The van der Waals surface area contributed by atoms with Gasteiger partial charge in [-0.3, -0.25) is 4.79 Å². The van der Waals surface area contributed by atoms with Gasteiger partial charge in [-0.2, -0.15) is 0 Å². The SMILES string of the molecule is CN(C(=O)NC1CC1(C)C)C1COCC1C(=O)O. The van der Waals surface area contributed by atoms with E-state index in [1.807, 2.05) is 0 Å². The number of amides is 2. The summed E-state index contributed by atoms with van der Waals surface area (Å²) in [6.07, 6.45) is 0.968. The molecule has 2 fully saturated rings. The van der Waals surface area contributed by atoms with Crippen molar-refractivity contribution in [3.8, 4) is 0 Å². The van der Waals surface area contributed by atoms with Crippen LogP contribution >= 0.6 is 0 Å². The number of rotatable bonds is 3. The van der Waals surface area contributed by atoms with E-state index in [0.29, 0.717) is 0 Å². The topological polar surface area (TPSA) is 78.9 Å². The number of ether oxygens (including phenoxy) is 1. The van der Waals surface area contributed by atoms with Crippen LogP contribution in [0, 0.1) is 11.3 Å². The molecule has 2 rings (SSSR count). The molecule has 2 aliphatic rings. The van der Waals surface area contributed by atoms with Gasteiger partial charge in [0.15, 0.2) is 0 Å². The summed E-state index contributed by atoms with van der Waals surface area (Å²) in [6, 6.07) is -0.408. The summed E-state index contributed by atoms with van der Waals surface area (Å²) < 4.78 is 5.16. The largest absolute Gasteiger partial charge is 0.481 e. The Hall–Kier alpha value is -1.30. The van der Waals surface area contributed by atoms with Crippen molar-refractivity contribution >= 4 is 12.0 Å². The lowest BCUT2D eigenvalue weighted by molar-refractivity contribution is -0.142. The monoisotopic (exact) mass is 256 g/mol. The zero-order valence-corrected chi connectivity index (χ0v) is 11.0. The van der Waals surface area contributed by atoms with Crippen molar-refractivity contribution in [2.45, 2.75) is 32.4 Å². The van der Waals surface area contributed by atoms with Crippen molar-refractivity contribution in [3.63, 3.8) is 0 Å². The van der Waals surface area contributed by atoms with E-state index in [4.69, 9.17) is 9.84 Å². The van der Waals surface area contributed by atoms with Gasteiger partial charge in [-0.05, 0) is 11.8 Å². The van der Waals surface area contributed by atoms with E-state index in [9.17, 15) is 9.59 Å². The number of carbonyl (C=O) groups excluding carboxylic acids is 1. The van der Waals surface area contributed by atoms with E-state index in [2.05, 4.69) is 19.2 Å². The Bertz CT molecular complexity index is 369. The normalized spacial score (nSPS) is 32.9. The zero-order chi connectivity index (χ0) is 13.5. The first kappa shape index (κ1) is 13.1. The van der Waals surface area contributed by atoms with Gasteiger partial charge in [0.2, 0.25) is 0 Å². The second kappa shape index (κ2) is 4.42. The number of hydrogen-bond acceptors (Lipinski definition) is 3. The molecule has 3 unspecified atom stereocenters. The van der Waals surface area contributed by atoms with Crippen molar-refractivity contribution in [3.05, 3.63) is 0 Å². The van der Waals surface area contributed by atoms with Crippen molar-refractivity contribution < 1.29 is 19.4 Å². The zero-order valence-electron chi connectivity index (χ0n) is 11.0. The number of carboxylic acids is 1. The van der Waals surface area contributed by atoms with Crippen LogP contribution in [0.4, 0.5) is 4.79 Å². The molecule has 0 aromatic heterocycles. The molecule has 1 aliphatic carbocycles. The van der Waals surface area contributed by atoms with E-state index in [-0.39, 0.29) is 36.7 Å². The quantitative estimate of drug-likeness (QED) is 0.772. The molecule has 0 radical (unpaired) electrons. The van der Waals surface area contributed by atoms with E-state index in [1.165, 1.54) is 4.90 Å². The molecule has 1 saturated carbocycles. The highest BCUT2D eigenvalue weighted by Gasteiger charge is 2.48. The number of carboxylic acid groups (broad SMARTS) is 1. The maximum atomic E-state index is 12.0. The van der Waals surface area contributed by atoms with Crippen LogP contribution in [0.25, 0.3) is 0 Å². The first-order chi connectivity index (χ1) is 8.33. The number of hydrogen-bond donors (Lipinski definition) is 2. The van der Waals surface area contributed by atoms with E-state index >= 15 is 0 Å². The van der Waals surface area contributed by atoms with Crippen molar-refractivity contribution in [1.82, 2.24) is 10.2 Å². The van der Waals surface area contributed by atoms with Crippen molar-refractivity contribution in [2.24, 2.45) is 11.3 Å². The summed E-state index contributed by atoms with van der Waals surface area (Å²) in [5, 5.41) is 12.0. The van der Waals surface area contributed by atoms with E-state index < -0.39 is 11.9 Å². The molecular weight excluding hydrogens is 236 g/mol. The number of nitrogens with zero attached hydrogens (tertiary/aromatic N) is 1. The minimum absolute atomic E-state index is 0.162. The Kier molecular flexibility index (Phi) is 3.23. The third-order valence-electron chi connectivity index (χ3n) is 4.00. The lowest BCUT2D eigenvalue weighted by Gasteiger charge is -2.26. The maximum Gasteiger partial charge on any atom is 0.317 e. The average molecular weight is 256 g/mol. The first-order valence-electron chi connectivity index (χ1n) is 6.17. The van der Waals surface area contributed by atoms with Crippen LogP contribution in [0.1, 0.15) is 20.3 Å². The van der Waals surface area contributed by atoms with Crippen LogP contribution in [0.15, 0.2) is 0 Å². The molecular formula is C12H20N2O4. The van der Waals surface area contributed by atoms with Gasteiger partial charge >= 0.3 is 12.0 Å². The van der Waals surface area contributed by atoms with Gasteiger partial charge in [-0.25, -0.2) is 4.79 Å².